The molecule has 1 rings (SSSR count). The van der Waals surface area contributed by atoms with Crippen LogP contribution < -0.4 is 5.73 Å². The highest BCUT2D eigenvalue weighted by atomic mass is 19.1. The van der Waals surface area contributed by atoms with Crippen LogP contribution in [0.2, 0.25) is 0 Å². The third-order valence-corrected chi connectivity index (χ3v) is 1.00. The number of pyridine rings is 1. The highest BCUT2D eigenvalue weighted by Gasteiger charge is 2.00. The summed E-state index contributed by atoms with van der Waals surface area (Å²) in [5.74, 6) is -0.685. The number of methoxy groups -OCH3 is 1. The first-order valence-corrected chi connectivity index (χ1v) is 3.42. The van der Waals surface area contributed by atoms with Gasteiger partial charge in [-0.3, -0.25) is 4.79 Å². The van der Waals surface area contributed by atoms with Crippen molar-refractivity contribution in [1.29, 1.82) is 0 Å². The van der Waals surface area contributed by atoms with E-state index in [0.717, 1.165) is 6.07 Å². The number of aldehydes is 1. The van der Waals surface area contributed by atoms with E-state index in [4.69, 9.17) is 5.73 Å². The fourth-order valence-corrected chi connectivity index (χ4v) is 0.550. The lowest BCUT2D eigenvalue weighted by Crippen LogP contribution is -1.95. The zero-order chi connectivity index (χ0) is 10.3. The Labute approximate surface area is 75.5 Å². The number of carbonyl (C=O) groups excluding carboxylic acids is 1. The fourth-order valence-electron chi connectivity index (χ4n) is 0.550. The van der Waals surface area contributed by atoms with Crippen molar-refractivity contribution in [3.8, 4) is 0 Å². The minimum atomic E-state index is -0.685. The first-order valence-electron chi connectivity index (χ1n) is 3.42. The second-order valence-corrected chi connectivity index (χ2v) is 2.16. The van der Waals surface area contributed by atoms with Gasteiger partial charge in [0.1, 0.15) is 5.69 Å². The number of nitrogen functional groups attached to an aromatic ring is 1. The number of carbonyl (C=O) groups is 1. The molecular formula is C8H11FN2O2. The number of ether oxygens (including phenoxy) is 1. The number of rotatable bonds is 1. The predicted molar refractivity (Wildman–Crippen MR) is 46.9 cm³/mol. The number of aromatic nitrogens is 1. The Morgan fingerprint density at radius 2 is 2.15 bits per heavy atom. The van der Waals surface area contributed by atoms with Crippen LogP contribution >= 0.6 is 0 Å². The molecule has 0 aliphatic rings. The molecule has 4 nitrogen and oxygen atoms in total. The molecule has 0 amide bonds. The Kier molecular flexibility index (Phi) is 5.38. The lowest BCUT2D eigenvalue weighted by atomic mass is 10.3. The molecule has 0 saturated carbocycles. The zero-order valence-corrected chi connectivity index (χ0v) is 7.45. The van der Waals surface area contributed by atoms with E-state index in [1.54, 1.807) is 14.2 Å². The normalized spacial score (nSPS) is 8.54. The van der Waals surface area contributed by atoms with Crippen molar-refractivity contribution in [1.82, 2.24) is 4.98 Å². The number of nitrogens with zero attached hydrogens (tertiary/aromatic N) is 1. The van der Waals surface area contributed by atoms with Crippen LogP contribution in [-0.4, -0.2) is 25.5 Å². The highest BCUT2D eigenvalue weighted by molar-refractivity contribution is 5.72. The molecule has 0 atom stereocenters. The van der Waals surface area contributed by atoms with E-state index in [1.165, 1.54) is 6.20 Å². The summed E-state index contributed by atoms with van der Waals surface area (Å²) in [6.07, 6.45) is 1.57. The van der Waals surface area contributed by atoms with Gasteiger partial charge in [0.25, 0.3) is 0 Å². The largest absolute Gasteiger partial charge is 0.397 e. The Morgan fingerprint density at radius 1 is 1.62 bits per heavy atom. The molecule has 1 aromatic heterocycles. The molecule has 0 spiro atoms. The maximum absolute atomic E-state index is 12.5. The summed E-state index contributed by atoms with van der Waals surface area (Å²) in [6.45, 7) is 0. The molecule has 0 bridgehead atoms. The quantitative estimate of drug-likeness (QED) is 0.661. The van der Waals surface area contributed by atoms with E-state index < -0.39 is 5.82 Å². The van der Waals surface area contributed by atoms with Crippen LogP contribution in [0, 0.1) is 5.82 Å². The van der Waals surface area contributed by atoms with Crippen LogP contribution in [0.1, 0.15) is 10.5 Å². The van der Waals surface area contributed by atoms with E-state index in [-0.39, 0.29) is 11.4 Å². The van der Waals surface area contributed by atoms with Gasteiger partial charge in [-0.2, -0.15) is 0 Å². The summed E-state index contributed by atoms with van der Waals surface area (Å²) in [5, 5.41) is 0. The number of halogens is 1. The van der Waals surface area contributed by atoms with Gasteiger partial charge in [-0.1, -0.05) is 0 Å². The van der Waals surface area contributed by atoms with Crippen molar-refractivity contribution in [2.24, 2.45) is 0 Å². The molecule has 1 heterocycles. The summed E-state index contributed by atoms with van der Waals surface area (Å²) >= 11 is 0. The van der Waals surface area contributed by atoms with Crippen LogP contribution in [0.25, 0.3) is 0 Å². The molecule has 0 aromatic carbocycles. The topological polar surface area (TPSA) is 65.2 Å². The van der Waals surface area contributed by atoms with Crippen molar-refractivity contribution < 1.29 is 13.9 Å². The monoisotopic (exact) mass is 186 g/mol. The van der Waals surface area contributed by atoms with Gasteiger partial charge >= 0.3 is 0 Å². The third kappa shape index (κ3) is 4.17. The molecule has 0 aliphatic carbocycles. The Morgan fingerprint density at radius 3 is 2.54 bits per heavy atom. The van der Waals surface area contributed by atoms with Crippen molar-refractivity contribution >= 4 is 12.0 Å². The summed E-state index contributed by atoms with van der Waals surface area (Å²) in [4.78, 5) is 13.4. The summed E-state index contributed by atoms with van der Waals surface area (Å²) in [5.41, 5.74) is 5.16. The number of nitrogens with two attached hydrogens (primary N) is 1. The van der Waals surface area contributed by atoms with Crippen LogP contribution in [0.4, 0.5) is 10.1 Å². The van der Waals surface area contributed by atoms with E-state index in [1.807, 2.05) is 0 Å². The first-order chi connectivity index (χ1) is 6.15. The van der Waals surface area contributed by atoms with Crippen molar-refractivity contribution in [3.05, 3.63) is 23.8 Å². The van der Waals surface area contributed by atoms with E-state index in [9.17, 15) is 9.18 Å². The maximum Gasteiger partial charge on any atom is 0.171 e. The average molecular weight is 186 g/mol. The van der Waals surface area contributed by atoms with Crippen LogP contribution in [0.15, 0.2) is 12.3 Å². The van der Waals surface area contributed by atoms with Crippen molar-refractivity contribution in [2.75, 3.05) is 20.0 Å². The average Bonchev–Trinajstić information content (AvgIpc) is 2.06. The van der Waals surface area contributed by atoms with Gasteiger partial charge in [0.15, 0.2) is 12.1 Å². The van der Waals surface area contributed by atoms with Gasteiger partial charge in [0.05, 0.1) is 11.9 Å². The molecular weight excluding hydrogens is 175 g/mol. The summed E-state index contributed by atoms with van der Waals surface area (Å²) in [6, 6.07) is 1.05. The predicted octanol–water partition coefficient (Wildman–Crippen LogP) is 0.878. The van der Waals surface area contributed by atoms with Crippen LogP contribution in [-0.2, 0) is 4.74 Å². The second kappa shape index (κ2) is 6.07. The molecule has 1 aromatic rings. The smallest absolute Gasteiger partial charge is 0.171 e. The molecule has 2 N–H and O–H groups in total. The minimum absolute atomic E-state index is 0.211. The van der Waals surface area contributed by atoms with Gasteiger partial charge in [-0.05, 0) is 0 Å². The standard InChI is InChI=1S/C6H5FN2O.C2H6O/c7-5-1-4(8)2-9-6(5)3-10;1-3-2/h1-3H,8H2;1-2H3. The minimum Gasteiger partial charge on any atom is -0.397 e. The Hall–Kier alpha value is -1.49. The van der Waals surface area contributed by atoms with Gasteiger partial charge in [0.2, 0.25) is 0 Å². The Balaban J connectivity index is 0.000000424. The molecule has 0 aliphatic heterocycles. The number of hydrogen-bond acceptors (Lipinski definition) is 4. The molecule has 0 unspecified atom stereocenters. The third-order valence-electron chi connectivity index (χ3n) is 1.00. The van der Waals surface area contributed by atoms with Crippen LogP contribution in [0.3, 0.4) is 0 Å². The van der Waals surface area contributed by atoms with Crippen molar-refractivity contribution in [2.45, 2.75) is 0 Å². The van der Waals surface area contributed by atoms with Crippen LogP contribution in [0.5, 0.6) is 0 Å². The van der Waals surface area contributed by atoms with E-state index in [2.05, 4.69) is 9.72 Å². The van der Waals surface area contributed by atoms with E-state index >= 15 is 0 Å². The first kappa shape index (κ1) is 11.5. The summed E-state index contributed by atoms with van der Waals surface area (Å²) in [7, 11) is 3.25. The fraction of sp³-hybridized carbons (Fsp3) is 0.250. The molecule has 13 heavy (non-hydrogen) atoms. The number of hydrogen-bond donors (Lipinski definition) is 1. The van der Waals surface area contributed by atoms with Gasteiger partial charge < -0.3 is 10.5 Å². The Bertz CT molecular complexity index is 279. The lowest BCUT2D eigenvalue weighted by molar-refractivity contribution is 0.111. The van der Waals surface area contributed by atoms with Crippen molar-refractivity contribution in [3.63, 3.8) is 0 Å². The maximum atomic E-state index is 12.5. The second-order valence-electron chi connectivity index (χ2n) is 2.16. The van der Waals surface area contributed by atoms with Gasteiger partial charge in [0, 0.05) is 20.3 Å². The van der Waals surface area contributed by atoms with Gasteiger partial charge in [-0.15, -0.1) is 0 Å². The molecule has 0 radical (unpaired) electrons. The molecule has 0 fully saturated rings. The SMILES string of the molecule is COC.Nc1cnc(C=O)c(F)c1. The molecule has 5 heteroatoms. The lowest BCUT2D eigenvalue weighted by Gasteiger charge is -1.93. The number of anilines is 1. The molecule has 72 valence electrons. The molecule has 0 saturated heterocycles. The summed E-state index contributed by atoms with van der Waals surface area (Å²) < 4.78 is 16.7. The highest BCUT2D eigenvalue weighted by Crippen LogP contribution is 2.05. The van der Waals surface area contributed by atoms with Gasteiger partial charge in [-0.25, -0.2) is 9.37 Å². The zero-order valence-electron chi connectivity index (χ0n) is 7.45. The van der Waals surface area contributed by atoms with E-state index in [0.29, 0.717) is 6.29 Å².